The van der Waals surface area contributed by atoms with Gasteiger partial charge in [0.05, 0.1) is 0 Å². The van der Waals surface area contributed by atoms with Crippen LogP contribution >= 0.6 is 0 Å². The molecule has 0 aliphatic carbocycles. The quantitative estimate of drug-likeness (QED) is 0.659. The second-order valence-electron chi connectivity index (χ2n) is 3.83. The number of hydrogen-bond acceptors (Lipinski definition) is 0. The monoisotopic (exact) mass is 184 g/mol. The Labute approximate surface area is 85.6 Å². The van der Waals surface area contributed by atoms with Crippen molar-refractivity contribution in [3.8, 4) is 0 Å². The van der Waals surface area contributed by atoms with E-state index in [1.54, 1.807) is 0 Å². The molecule has 2 rings (SSSR count). The maximum absolute atomic E-state index is 2.24. The molecule has 0 nitrogen and oxygen atoms in total. The van der Waals surface area contributed by atoms with Gasteiger partial charge in [-0.3, -0.25) is 0 Å². The molecule has 0 aliphatic rings. The van der Waals surface area contributed by atoms with E-state index in [0.717, 1.165) is 0 Å². The number of benzene rings is 2. The number of hydrogen-bond donors (Lipinski definition) is 0. The summed E-state index contributed by atoms with van der Waals surface area (Å²) >= 11 is 0. The lowest BCUT2D eigenvalue weighted by Crippen LogP contribution is -1.90. The minimum Gasteiger partial charge on any atom is -0.0651 e. The molecule has 0 amide bonds. The van der Waals surface area contributed by atoms with Crippen molar-refractivity contribution in [1.82, 2.24) is 0 Å². The van der Waals surface area contributed by atoms with Gasteiger partial charge in [-0.05, 0) is 35.2 Å². The Morgan fingerprint density at radius 3 is 2.57 bits per heavy atom. The normalized spacial score (nSPS) is 10.7. The summed E-state index contributed by atoms with van der Waals surface area (Å²) in [6.45, 7) is 4.44. The molecule has 0 unspecified atom stereocenters. The Kier molecular flexibility index (Phi) is 2.53. The van der Waals surface area contributed by atoms with E-state index in [0.29, 0.717) is 0 Å². The Balaban J connectivity index is 2.69. The van der Waals surface area contributed by atoms with Crippen LogP contribution in [0.1, 0.15) is 24.5 Å². The minimum absolute atomic E-state index is 1.19. The van der Waals surface area contributed by atoms with Crippen LogP contribution in [0.15, 0.2) is 36.4 Å². The third-order valence-electron chi connectivity index (χ3n) is 2.77. The van der Waals surface area contributed by atoms with Gasteiger partial charge in [-0.1, -0.05) is 49.7 Å². The van der Waals surface area contributed by atoms with Gasteiger partial charge in [-0.25, -0.2) is 0 Å². The summed E-state index contributed by atoms with van der Waals surface area (Å²) in [5, 5.41) is 2.79. The smallest absolute Gasteiger partial charge is 0.0149 e. The lowest BCUT2D eigenvalue weighted by molar-refractivity contribution is 0.921. The van der Waals surface area contributed by atoms with Gasteiger partial charge in [0, 0.05) is 0 Å². The lowest BCUT2D eigenvalue weighted by atomic mass is 9.97. The fourth-order valence-corrected chi connectivity index (χ4v) is 2.03. The molecule has 0 heterocycles. The predicted molar refractivity (Wildman–Crippen MR) is 62.7 cm³/mol. The molecule has 0 spiro atoms. The van der Waals surface area contributed by atoms with Gasteiger partial charge >= 0.3 is 0 Å². The SMILES string of the molecule is CCCc1c(C)ccc2ccccc12. The molecule has 0 saturated carbocycles. The molecule has 0 bridgehead atoms. The van der Waals surface area contributed by atoms with Crippen LogP contribution in [0, 0.1) is 6.92 Å². The molecule has 0 saturated heterocycles. The Morgan fingerprint density at radius 1 is 1.00 bits per heavy atom. The third kappa shape index (κ3) is 1.52. The van der Waals surface area contributed by atoms with E-state index < -0.39 is 0 Å². The van der Waals surface area contributed by atoms with Crippen LogP contribution in [0.4, 0.5) is 0 Å². The molecule has 0 radical (unpaired) electrons. The highest BCUT2D eigenvalue weighted by Gasteiger charge is 2.02. The summed E-state index contributed by atoms with van der Waals surface area (Å²) in [5.74, 6) is 0. The van der Waals surface area contributed by atoms with Crippen molar-refractivity contribution in [2.75, 3.05) is 0 Å². The average molecular weight is 184 g/mol. The highest BCUT2D eigenvalue weighted by molar-refractivity contribution is 5.86. The molecule has 0 fully saturated rings. The van der Waals surface area contributed by atoms with Crippen molar-refractivity contribution in [1.29, 1.82) is 0 Å². The van der Waals surface area contributed by atoms with E-state index >= 15 is 0 Å². The molecular formula is C14H16. The zero-order chi connectivity index (χ0) is 9.97. The van der Waals surface area contributed by atoms with Crippen molar-refractivity contribution in [3.05, 3.63) is 47.5 Å². The Hall–Kier alpha value is -1.30. The van der Waals surface area contributed by atoms with Crippen molar-refractivity contribution < 1.29 is 0 Å². The molecule has 0 N–H and O–H groups in total. The zero-order valence-corrected chi connectivity index (χ0v) is 8.88. The van der Waals surface area contributed by atoms with Gasteiger partial charge in [0.2, 0.25) is 0 Å². The second-order valence-corrected chi connectivity index (χ2v) is 3.83. The minimum atomic E-state index is 1.19. The summed E-state index contributed by atoms with van der Waals surface area (Å²) in [7, 11) is 0. The summed E-state index contributed by atoms with van der Waals surface area (Å²) in [5.41, 5.74) is 2.94. The van der Waals surface area contributed by atoms with Crippen molar-refractivity contribution >= 4 is 10.8 Å². The number of rotatable bonds is 2. The third-order valence-corrected chi connectivity index (χ3v) is 2.77. The molecule has 14 heavy (non-hydrogen) atoms. The van der Waals surface area contributed by atoms with Gasteiger partial charge in [0.25, 0.3) is 0 Å². The van der Waals surface area contributed by atoms with E-state index in [2.05, 4.69) is 50.2 Å². The lowest BCUT2D eigenvalue weighted by Gasteiger charge is -2.08. The number of aryl methyl sites for hydroxylation is 2. The molecule has 0 aromatic heterocycles. The van der Waals surface area contributed by atoms with E-state index in [-0.39, 0.29) is 0 Å². The molecule has 72 valence electrons. The van der Waals surface area contributed by atoms with Gasteiger partial charge in [0.1, 0.15) is 0 Å². The topological polar surface area (TPSA) is 0 Å². The van der Waals surface area contributed by atoms with E-state index in [1.165, 1.54) is 34.7 Å². The summed E-state index contributed by atoms with van der Waals surface area (Å²) in [6.07, 6.45) is 2.40. The van der Waals surface area contributed by atoms with E-state index in [9.17, 15) is 0 Å². The van der Waals surface area contributed by atoms with Gasteiger partial charge < -0.3 is 0 Å². The standard InChI is InChI=1S/C14H16/c1-3-6-13-11(2)9-10-12-7-4-5-8-14(12)13/h4-5,7-10H,3,6H2,1-2H3. The average Bonchev–Trinajstić information content (AvgIpc) is 2.23. The summed E-state index contributed by atoms with van der Waals surface area (Å²) in [4.78, 5) is 0. The van der Waals surface area contributed by atoms with Crippen LogP contribution < -0.4 is 0 Å². The first-order valence-corrected chi connectivity index (χ1v) is 5.30. The molecule has 0 atom stereocenters. The summed E-state index contributed by atoms with van der Waals surface area (Å²) < 4.78 is 0. The van der Waals surface area contributed by atoms with Crippen LogP contribution in [0.5, 0.6) is 0 Å². The molecule has 0 aliphatic heterocycles. The number of fused-ring (bicyclic) bond motifs is 1. The van der Waals surface area contributed by atoms with Gasteiger partial charge in [0.15, 0.2) is 0 Å². The fraction of sp³-hybridized carbons (Fsp3) is 0.286. The largest absolute Gasteiger partial charge is 0.0651 e. The van der Waals surface area contributed by atoms with Gasteiger partial charge in [-0.2, -0.15) is 0 Å². The first-order valence-electron chi connectivity index (χ1n) is 5.30. The first kappa shape index (κ1) is 9.26. The molecule has 2 aromatic carbocycles. The predicted octanol–water partition coefficient (Wildman–Crippen LogP) is 4.10. The van der Waals surface area contributed by atoms with Crippen LogP contribution in [-0.4, -0.2) is 0 Å². The zero-order valence-electron chi connectivity index (χ0n) is 8.88. The van der Waals surface area contributed by atoms with E-state index in [4.69, 9.17) is 0 Å². The maximum Gasteiger partial charge on any atom is -0.0149 e. The highest BCUT2D eigenvalue weighted by Crippen LogP contribution is 2.23. The molecule has 0 heteroatoms. The fourth-order valence-electron chi connectivity index (χ4n) is 2.03. The van der Waals surface area contributed by atoms with Crippen LogP contribution in [0.2, 0.25) is 0 Å². The van der Waals surface area contributed by atoms with Crippen LogP contribution in [-0.2, 0) is 6.42 Å². The summed E-state index contributed by atoms with van der Waals surface area (Å²) in [6, 6.07) is 13.1. The van der Waals surface area contributed by atoms with Crippen molar-refractivity contribution in [2.45, 2.75) is 26.7 Å². The second kappa shape index (κ2) is 3.83. The molecular weight excluding hydrogens is 168 g/mol. The van der Waals surface area contributed by atoms with Crippen molar-refractivity contribution in [3.63, 3.8) is 0 Å². The Bertz CT molecular complexity index is 441. The van der Waals surface area contributed by atoms with Crippen LogP contribution in [0.3, 0.4) is 0 Å². The molecule has 2 aromatic rings. The van der Waals surface area contributed by atoms with Crippen molar-refractivity contribution in [2.24, 2.45) is 0 Å². The first-order chi connectivity index (χ1) is 6.83. The maximum atomic E-state index is 2.24. The Morgan fingerprint density at radius 2 is 1.79 bits per heavy atom. The van der Waals surface area contributed by atoms with E-state index in [1.807, 2.05) is 0 Å². The highest BCUT2D eigenvalue weighted by atomic mass is 14.1. The van der Waals surface area contributed by atoms with Gasteiger partial charge in [-0.15, -0.1) is 0 Å². The van der Waals surface area contributed by atoms with Crippen LogP contribution in [0.25, 0.3) is 10.8 Å².